The van der Waals surface area contributed by atoms with Crippen LogP contribution >= 0.6 is 38.9 Å². The summed E-state index contributed by atoms with van der Waals surface area (Å²) in [5, 5.41) is 12.6. The lowest BCUT2D eigenvalue weighted by Crippen LogP contribution is -1.91. The molecule has 0 N–H and O–H groups in total. The van der Waals surface area contributed by atoms with Crippen LogP contribution in [0.5, 0.6) is 11.5 Å². The Kier molecular flexibility index (Phi) is 7.10. The molecule has 0 unspecified atom stereocenters. The van der Waals surface area contributed by atoms with E-state index in [2.05, 4.69) is 27.0 Å². The third kappa shape index (κ3) is 5.07. The van der Waals surface area contributed by atoms with Crippen molar-refractivity contribution in [2.75, 3.05) is 14.2 Å². The van der Waals surface area contributed by atoms with Crippen LogP contribution in [0.15, 0.2) is 64.5 Å². The number of nitrogens with zero attached hydrogens (tertiary/aromatic N) is 2. The maximum Gasteiger partial charge on any atom is 0.161 e. The van der Waals surface area contributed by atoms with Crippen LogP contribution in [0, 0.1) is 11.3 Å². The van der Waals surface area contributed by atoms with Crippen molar-refractivity contribution >= 4 is 49.5 Å². The molecule has 0 radical (unpaired) electrons. The monoisotopic (exact) mass is 486 g/mol. The summed E-state index contributed by atoms with van der Waals surface area (Å²) in [7, 11) is 3.18. The Bertz CT molecular complexity index is 1110. The number of halogens is 2. The maximum atomic E-state index is 9.56. The van der Waals surface area contributed by atoms with Gasteiger partial charge in [-0.25, -0.2) is 4.98 Å². The number of aromatic nitrogens is 1. The second-order valence-electron chi connectivity index (χ2n) is 5.82. The smallest absolute Gasteiger partial charge is 0.161 e. The van der Waals surface area contributed by atoms with E-state index in [1.807, 2.05) is 47.8 Å². The summed E-state index contributed by atoms with van der Waals surface area (Å²) in [6.07, 6.45) is 3.39. The van der Waals surface area contributed by atoms with Crippen LogP contribution in [-0.4, -0.2) is 19.2 Å². The molecular weight excluding hydrogens is 472 g/mol. The number of benzene rings is 2. The van der Waals surface area contributed by atoms with Gasteiger partial charge in [-0.2, -0.15) is 5.26 Å². The van der Waals surface area contributed by atoms with Gasteiger partial charge in [-0.05, 0) is 48.0 Å². The van der Waals surface area contributed by atoms with Gasteiger partial charge < -0.3 is 9.47 Å². The predicted molar refractivity (Wildman–Crippen MR) is 122 cm³/mol. The van der Waals surface area contributed by atoms with Crippen molar-refractivity contribution in [2.45, 2.75) is 0 Å². The van der Waals surface area contributed by atoms with Gasteiger partial charge in [0.05, 0.1) is 25.5 Å². The molecule has 146 valence electrons. The Morgan fingerprint density at radius 1 is 1.10 bits per heavy atom. The Morgan fingerprint density at radius 2 is 1.83 bits per heavy atom. The van der Waals surface area contributed by atoms with Crippen LogP contribution in [0.3, 0.4) is 0 Å². The molecule has 0 saturated carbocycles. The van der Waals surface area contributed by atoms with Gasteiger partial charge in [0.2, 0.25) is 0 Å². The van der Waals surface area contributed by atoms with E-state index in [0.29, 0.717) is 27.1 Å². The van der Waals surface area contributed by atoms with E-state index in [4.69, 9.17) is 21.1 Å². The highest BCUT2D eigenvalue weighted by atomic mass is 79.9. The normalized spacial score (nSPS) is 11.8. The minimum atomic E-state index is 0.442. The maximum absolute atomic E-state index is 9.56. The van der Waals surface area contributed by atoms with Gasteiger partial charge in [-0.1, -0.05) is 39.7 Å². The van der Waals surface area contributed by atoms with Crippen molar-refractivity contribution in [1.29, 1.82) is 5.26 Å². The molecule has 1 heterocycles. The topological polar surface area (TPSA) is 55.1 Å². The van der Waals surface area contributed by atoms with Crippen LogP contribution < -0.4 is 9.47 Å². The Morgan fingerprint density at radius 3 is 2.48 bits per heavy atom. The predicted octanol–water partition coefficient (Wildman–Crippen LogP) is 6.78. The number of thiazole rings is 1. The molecule has 0 amide bonds. The first-order valence-corrected chi connectivity index (χ1v) is 10.5. The first-order chi connectivity index (χ1) is 14.0. The molecule has 1 aromatic heterocycles. The molecule has 7 heteroatoms. The van der Waals surface area contributed by atoms with E-state index in [-0.39, 0.29) is 0 Å². The van der Waals surface area contributed by atoms with E-state index >= 15 is 0 Å². The quantitative estimate of drug-likeness (QED) is 0.284. The van der Waals surface area contributed by atoms with Gasteiger partial charge in [0.1, 0.15) is 11.1 Å². The number of hydrogen-bond acceptors (Lipinski definition) is 5. The number of methoxy groups -OCH3 is 2. The van der Waals surface area contributed by atoms with Gasteiger partial charge in [0, 0.05) is 20.4 Å². The average Bonchev–Trinajstić information content (AvgIpc) is 3.24. The molecule has 2 aromatic carbocycles. The van der Waals surface area contributed by atoms with Crippen LogP contribution in [0.25, 0.3) is 21.9 Å². The minimum absolute atomic E-state index is 0.442. The SMILES string of the molecule is COc1ccc(-c2csc(C(C#N)=CC=C(Cl)c3ccc(Br)cc3)n2)cc1OC. The number of hydrogen-bond donors (Lipinski definition) is 0. The summed E-state index contributed by atoms with van der Waals surface area (Å²) >= 11 is 11.2. The summed E-state index contributed by atoms with van der Waals surface area (Å²) < 4.78 is 11.6. The van der Waals surface area contributed by atoms with E-state index in [1.165, 1.54) is 11.3 Å². The Labute approximate surface area is 186 Å². The number of rotatable bonds is 6. The molecule has 0 aliphatic heterocycles. The number of nitriles is 1. The fraction of sp³-hybridized carbons (Fsp3) is 0.0909. The number of allylic oxidation sites excluding steroid dienone is 3. The molecule has 0 aliphatic carbocycles. The van der Waals surface area contributed by atoms with Crippen molar-refractivity contribution in [2.24, 2.45) is 0 Å². The summed E-state index contributed by atoms with van der Waals surface area (Å²) in [5.74, 6) is 1.27. The molecule has 0 atom stereocenters. The second kappa shape index (κ2) is 9.75. The summed E-state index contributed by atoms with van der Waals surface area (Å²) in [6.45, 7) is 0. The molecule has 4 nitrogen and oxygen atoms in total. The second-order valence-corrected chi connectivity index (χ2v) is 8.00. The highest BCUT2D eigenvalue weighted by molar-refractivity contribution is 9.10. The van der Waals surface area contributed by atoms with Gasteiger partial charge in [-0.3, -0.25) is 0 Å². The molecule has 29 heavy (non-hydrogen) atoms. The van der Waals surface area contributed by atoms with Crippen LogP contribution in [0.4, 0.5) is 0 Å². The molecule has 0 aliphatic rings. The molecule has 3 rings (SSSR count). The summed E-state index contributed by atoms with van der Waals surface area (Å²) in [6, 6.07) is 15.4. The average molecular weight is 488 g/mol. The van der Waals surface area contributed by atoms with E-state index < -0.39 is 0 Å². The molecule has 0 saturated heterocycles. The summed E-state index contributed by atoms with van der Waals surface area (Å²) in [4.78, 5) is 4.60. The highest BCUT2D eigenvalue weighted by Gasteiger charge is 2.11. The Balaban J connectivity index is 1.88. The van der Waals surface area contributed by atoms with Crippen LogP contribution in [-0.2, 0) is 0 Å². The largest absolute Gasteiger partial charge is 0.493 e. The lowest BCUT2D eigenvalue weighted by atomic mass is 10.1. The van der Waals surface area contributed by atoms with Gasteiger partial charge in [0.15, 0.2) is 11.5 Å². The first-order valence-electron chi connectivity index (χ1n) is 8.47. The van der Waals surface area contributed by atoms with Gasteiger partial charge >= 0.3 is 0 Å². The fourth-order valence-corrected chi connectivity index (χ4v) is 3.80. The van der Waals surface area contributed by atoms with Crippen molar-refractivity contribution < 1.29 is 9.47 Å². The van der Waals surface area contributed by atoms with E-state index in [1.54, 1.807) is 26.4 Å². The van der Waals surface area contributed by atoms with Gasteiger partial charge in [-0.15, -0.1) is 11.3 Å². The Hall–Kier alpha value is -2.59. The zero-order valence-electron chi connectivity index (χ0n) is 15.6. The zero-order valence-corrected chi connectivity index (χ0v) is 18.8. The third-order valence-electron chi connectivity index (χ3n) is 4.05. The van der Waals surface area contributed by atoms with Crippen molar-refractivity contribution in [3.8, 4) is 28.8 Å². The van der Waals surface area contributed by atoms with Crippen LogP contribution in [0.2, 0.25) is 0 Å². The van der Waals surface area contributed by atoms with Gasteiger partial charge in [0.25, 0.3) is 0 Å². The standard InChI is InChI=1S/C22H16BrClN2O2S/c1-27-20-10-6-15(11-21(20)28-2)19-13-29-22(26-19)16(12-25)5-9-18(24)14-3-7-17(23)8-4-14/h3-11,13H,1-2H3. The first kappa shape index (κ1) is 21.1. The molecule has 3 aromatic rings. The molecular formula is C22H16BrClN2O2S. The summed E-state index contributed by atoms with van der Waals surface area (Å²) in [5.41, 5.74) is 2.95. The van der Waals surface area contributed by atoms with Crippen LogP contribution in [0.1, 0.15) is 10.6 Å². The fourth-order valence-electron chi connectivity index (χ4n) is 2.54. The lowest BCUT2D eigenvalue weighted by molar-refractivity contribution is 0.355. The minimum Gasteiger partial charge on any atom is -0.493 e. The molecule has 0 spiro atoms. The number of ether oxygens (including phenoxy) is 2. The van der Waals surface area contributed by atoms with Crippen molar-refractivity contribution in [3.63, 3.8) is 0 Å². The van der Waals surface area contributed by atoms with E-state index in [0.717, 1.165) is 21.3 Å². The third-order valence-corrected chi connectivity index (χ3v) is 5.80. The zero-order chi connectivity index (χ0) is 20.8. The van der Waals surface area contributed by atoms with Crippen molar-refractivity contribution in [3.05, 3.63) is 75.0 Å². The molecule has 0 bridgehead atoms. The lowest BCUT2D eigenvalue weighted by Gasteiger charge is -2.08. The highest BCUT2D eigenvalue weighted by Crippen LogP contribution is 2.33. The van der Waals surface area contributed by atoms with Crippen molar-refractivity contribution in [1.82, 2.24) is 4.98 Å². The van der Waals surface area contributed by atoms with E-state index in [9.17, 15) is 5.26 Å². The molecule has 0 fully saturated rings.